The van der Waals surface area contributed by atoms with E-state index >= 15 is 0 Å². The van der Waals surface area contributed by atoms with Gasteiger partial charge in [-0.3, -0.25) is 4.79 Å². The van der Waals surface area contributed by atoms with Crippen molar-refractivity contribution in [2.45, 2.75) is 57.5 Å². The van der Waals surface area contributed by atoms with E-state index in [1.54, 1.807) is 0 Å². The maximum Gasteiger partial charge on any atom is 0.224 e. The molecule has 3 rings (SSSR count). The van der Waals surface area contributed by atoms with Gasteiger partial charge in [-0.15, -0.1) is 0 Å². The highest BCUT2D eigenvalue weighted by Crippen LogP contribution is 2.24. The Morgan fingerprint density at radius 1 is 1.14 bits per heavy atom. The Labute approximate surface area is 126 Å². The van der Waals surface area contributed by atoms with E-state index in [4.69, 9.17) is 0 Å². The van der Waals surface area contributed by atoms with Crippen molar-refractivity contribution in [1.82, 2.24) is 5.32 Å². The van der Waals surface area contributed by atoms with Gasteiger partial charge in [-0.25, -0.2) is 0 Å². The second-order valence-electron chi connectivity index (χ2n) is 6.55. The molecule has 21 heavy (non-hydrogen) atoms. The van der Waals surface area contributed by atoms with Crippen molar-refractivity contribution >= 4 is 5.91 Å². The minimum atomic E-state index is -0.237. The van der Waals surface area contributed by atoms with E-state index in [2.05, 4.69) is 23.5 Å². The molecule has 0 spiro atoms. The normalized spacial score (nSPS) is 24.6. The van der Waals surface area contributed by atoms with E-state index in [0.29, 0.717) is 13.0 Å². The first-order valence-corrected chi connectivity index (χ1v) is 8.28. The Bertz CT molecular complexity index is 512. The summed E-state index contributed by atoms with van der Waals surface area (Å²) in [5.41, 5.74) is 3.98. The van der Waals surface area contributed by atoms with Gasteiger partial charge in [-0.1, -0.05) is 31.0 Å². The number of aliphatic hydroxyl groups is 1. The van der Waals surface area contributed by atoms with Gasteiger partial charge in [0, 0.05) is 12.5 Å². The van der Waals surface area contributed by atoms with Crippen molar-refractivity contribution in [1.29, 1.82) is 0 Å². The summed E-state index contributed by atoms with van der Waals surface area (Å²) in [7, 11) is 0. The fraction of sp³-hybridized carbons (Fsp3) is 0.611. The zero-order valence-corrected chi connectivity index (χ0v) is 12.6. The molecule has 2 N–H and O–H groups in total. The Hall–Kier alpha value is -1.35. The van der Waals surface area contributed by atoms with Gasteiger partial charge in [0.25, 0.3) is 0 Å². The van der Waals surface area contributed by atoms with Crippen LogP contribution in [0.15, 0.2) is 18.2 Å². The number of aryl methyl sites for hydroxylation is 2. The molecule has 0 aliphatic heterocycles. The molecule has 0 heterocycles. The SMILES string of the molecule is O=C(Cc1ccc2c(c1)CCC2)NCC1CCCCC1O. The lowest BCUT2D eigenvalue weighted by atomic mass is 9.86. The molecule has 2 unspecified atom stereocenters. The van der Waals surface area contributed by atoms with Crippen molar-refractivity contribution < 1.29 is 9.90 Å². The lowest BCUT2D eigenvalue weighted by molar-refractivity contribution is -0.120. The number of amides is 1. The monoisotopic (exact) mass is 287 g/mol. The molecule has 1 aromatic carbocycles. The smallest absolute Gasteiger partial charge is 0.224 e. The standard InChI is InChI=1S/C18H25NO2/c20-17-7-2-1-4-16(17)12-19-18(21)11-13-8-9-14-5-3-6-15(14)10-13/h8-10,16-17,20H,1-7,11-12H2,(H,19,21). The maximum atomic E-state index is 12.1. The van der Waals surface area contributed by atoms with Crippen molar-refractivity contribution in [2.75, 3.05) is 6.54 Å². The van der Waals surface area contributed by atoms with Crippen LogP contribution in [-0.4, -0.2) is 23.7 Å². The zero-order chi connectivity index (χ0) is 14.7. The van der Waals surface area contributed by atoms with Crippen LogP contribution in [0.2, 0.25) is 0 Å². The Morgan fingerprint density at radius 3 is 2.81 bits per heavy atom. The van der Waals surface area contributed by atoms with Crippen molar-refractivity contribution in [3.63, 3.8) is 0 Å². The molecule has 2 aliphatic carbocycles. The molecule has 0 bridgehead atoms. The van der Waals surface area contributed by atoms with Crippen LogP contribution < -0.4 is 5.32 Å². The summed E-state index contributed by atoms with van der Waals surface area (Å²) in [6.07, 6.45) is 7.98. The molecule has 1 aromatic rings. The summed E-state index contributed by atoms with van der Waals surface area (Å²) in [4.78, 5) is 12.1. The van der Waals surface area contributed by atoms with Crippen LogP contribution in [0.5, 0.6) is 0 Å². The molecule has 1 amide bonds. The molecule has 0 aromatic heterocycles. The number of hydrogen-bond acceptors (Lipinski definition) is 2. The summed E-state index contributed by atoms with van der Waals surface area (Å²) >= 11 is 0. The van der Waals surface area contributed by atoms with Crippen LogP contribution in [-0.2, 0) is 24.1 Å². The molecule has 2 aliphatic rings. The lowest BCUT2D eigenvalue weighted by Gasteiger charge is -2.27. The minimum Gasteiger partial charge on any atom is -0.393 e. The predicted molar refractivity (Wildman–Crippen MR) is 83.1 cm³/mol. The van der Waals surface area contributed by atoms with E-state index in [9.17, 15) is 9.90 Å². The van der Waals surface area contributed by atoms with Gasteiger partial charge in [-0.2, -0.15) is 0 Å². The average Bonchev–Trinajstić information content (AvgIpc) is 2.94. The number of benzene rings is 1. The van der Waals surface area contributed by atoms with Gasteiger partial charge in [0.15, 0.2) is 0 Å². The van der Waals surface area contributed by atoms with E-state index in [-0.39, 0.29) is 17.9 Å². The van der Waals surface area contributed by atoms with Gasteiger partial charge in [-0.05, 0) is 48.8 Å². The first-order valence-electron chi connectivity index (χ1n) is 8.28. The number of fused-ring (bicyclic) bond motifs is 1. The van der Waals surface area contributed by atoms with Crippen LogP contribution in [0.4, 0.5) is 0 Å². The van der Waals surface area contributed by atoms with Crippen LogP contribution in [0.3, 0.4) is 0 Å². The second-order valence-corrected chi connectivity index (χ2v) is 6.55. The number of rotatable bonds is 4. The van der Waals surface area contributed by atoms with Crippen molar-refractivity contribution in [3.8, 4) is 0 Å². The highest BCUT2D eigenvalue weighted by atomic mass is 16.3. The van der Waals surface area contributed by atoms with E-state index in [1.807, 2.05) is 0 Å². The minimum absolute atomic E-state index is 0.0747. The number of hydrogen-bond donors (Lipinski definition) is 2. The predicted octanol–water partition coefficient (Wildman–Crippen LogP) is 2.39. The molecule has 2 atom stereocenters. The van der Waals surface area contributed by atoms with Gasteiger partial charge >= 0.3 is 0 Å². The highest BCUT2D eigenvalue weighted by Gasteiger charge is 2.23. The van der Waals surface area contributed by atoms with Crippen LogP contribution in [0.1, 0.15) is 48.8 Å². The van der Waals surface area contributed by atoms with Gasteiger partial charge in [0.1, 0.15) is 0 Å². The topological polar surface area (TPSA) is 49.3 Å². The highest BCUT2D eigenvalue weighted by molar-refractivity contribution is 5.78. The van der Waals surface area contributed by atoms with Crippen LogP contribution >= 0.6 is 0 Å². The van der Waals surface area contributed by atoms with Crippen LogP contribution in [0.25, 0.3) is 0 Å². The molecular weight excluding hydrogens is 262 g/mol. The Morgan fingerprint density at radius 2 is 1.95 bits per heavy atom. The third kappa shape index (κ3) is 3.65. The summed E-state index contributed by atoms with van der Waals surface area (Å²) in [5, 5.41) is 12.9. The summed E-state index contributed by atoms with van der Waals surface area (Å²) in [6, 6.07) is 6.45. The maximum absolute atomic E-state index is 12.1. The number of carbonyl (C=O) groups excluding carboxylic acids is 1. The number of aliphatic hydroxyl groups excluding tert-OH is 1. The van der Waals surface area contributed by atoms with E-state index < -0.39 is 0 Å². The molecule has 3 nitrogen and oxygen atoms in total. The summed E-state index contributed by atoms with van der Waals surface area (Å²) in [6.45, 7) is 0.616. The Balaban J connectivity index is 1.50. The second kappa shape index (κ2) is 6.61. The molecule has 0 radical (unpaired) electrons. The molecule has 0 saturated heterocycles. The molecule has 1 fully saturated rings. The van der Waals surface area contributed by atoms with E-state index in [1.165, 1.54) is 30.4 Å². The number of nitrogens with one attached hydrogen (secondary N) is 1. The summed E-state index contributed by atoms with van der Waals surface area (Å²) < 4.78 is 0. The van der Waals surface area contributed by atoms with Crippen molar-refractivity contribution in [3.05, 3.63) is 34.9 Å². The fourth-order valence-corrected chi connectivity index (χ4v) is 3.65. The van der Waals surface area contributed by atoms with E-state index in [0.717, 1.165) is 31.2 Å². The zero-order valence-electron chi connectivity index (χ0n) is 12.6. The third-order valence-electron chi connectivity index (χ3n) is 4.96. The molecular formula is C18H25NO2. The quantitative estimate of drug-likeness (QED) is 0.893. The molecule has 3 heteroatoms. The molecule has 114 valence electrons. The van der Waals surface area contributed by atoms with Crippen LogP contribution in [0, 0.1) is 5.92 Å². The lowest BCUT2D eigenvalue weighted by Crippen LogP contribution is -2.37. The Kier molecular flexibility index (Phi) is 4.59. The van der Waals surface area contributed by atoms with Gasteiger partial charge in [0.05, 0.1) is 12.5 Å². The average molecular weight is 287 g/mol. The first-order chi connectivity index (χ1) is 10.2. The first kappa shape index (κ1) is 14.6. The largest absolute Gasteiger partial charge is 0.393 e. The third-order valence-corrected chi connectivity index (χ3v) is 4.96. The van der Waals surface area contributed by atoms with Gasteiger partial charge < -0.3 is 10.4 Å². The fourth-order valence-electron chi connectivity index (χ4n) is 3.65. The van der Waals surface area contributed by atoms with Crippen molar-refractivity contribution in [2.24, 2.45) is 5.92 Å². The summed E-state index contributed by atoms with van der Waals surface area (Å²) in [5.74, 6) is 0.313. The number of carbonyl (C=O) groups is 1. The van der Waals surface area contributed by atoms with Gasteiger partial charge in [0.2, 0.25) is 5.91 Å². The molecule has 1 saturated carbocycles.